The van der Waals surface area contributed by atoms with Gasteiger partial charge in [-0.15, -0.1) is 22.9 Å². The molecule has 1 amide bonds. The largest absolute Gasteiger partial charge is 0.302 e. The van der Waals surface area contributed by atoms with Gasteiger partial charge in [0.2, 0.25) is 5.91 Å². The van der Waals surface area contributed by atoms with Crippen LogP contribution in [0.2, 0.25) is 0 Å². The number of alkyl halides is 1. The average molecular weight is 285 g/mol. The van der Waals surface area contributed by atoms with Crippen LogP contribution in [0.1, 0.15) is 6.42 Å². The minimum atomic E-state index is -0.287. The standard InChI is InChI=1S/C12H10ClFN2OS/c13-6-5-11(17)16-12-15-10(7-18-12)8-1-3-9(14)4-2-8/h1-4,7H,5-6H2,(H,15,16,17). The minimum absolute atomic E-state index is 0.162. The molecule has 0 radical (unpaired) electrons. The summed E-state index contributed by atoms with van der Waals surface area (Å²) in [6, 6.07) is 6.05. The topological polar surface area (TPSA) is 42.0 Å². The van der Waals surface area contributed by atoms with Gasteiger partial charge in [-0.1, -0.05) is 0 Å². The van der Waals surface area contributed by atoms with Crippen LogP contribution in [0.15, 0.2) is 29.6 Å². The van der Waals surface area contributed by atoms with Gasteiger partial charge >= 0.3 is 0 Å². The van der Waals surface area contributed by atoms with E-state index >= 15 is 0 Å². The first-order chi connectivity index (χ1) is 8.69. The zero-order valence-electron chi connectivity index (χ0n) is 9.32. The van der Waals surface area contributed by atoms with Crippen LogP contribution in [0.5, 0.6) is 0 Å². The maximum atomic E-state index is 12.8. The van der Waals surface area contributed by atoms with Crippen molar-refractivity contribution in [3.8, 4) is 11.3 Å². The second-order valence-corrected chi connectivity index (χ2v) is 4.77. The normalized spacial score (nSPS) is 10.3. The van der Waals surface area contributed by atoms with E-state index < -0.39 is 0 Å². The van der Waals surface area contributed by atoms with Gasteiger partial charge in [-0.3, -0.25) is 4.79 Å². The molecule has 1 aromatic heterocycles. The van der Waals surface area contributed by atoms with Crippen molar-refractivity contribution in [3.05, 3.63) is 35.5 Å². The molecule has 0 fully saturated rings. The monoisotopic (exact) mass is 284 g/mol. The van der Waals surface area contributed by atoms with Gasteiger partial charge < -0.3 is 5.32 Å². The number of hydrogen-bond donors (Lipinski definition) is 1. The number of halogens is 2. The number of carbonyl (C=O) groups excluding carboxylic acids is 1. The maximum Gasteiger partial charge on any atom is 0.227 e. The molecule has 1 heterocycles. The second-order valence-electron chi connectivity index (χ2n) is 3.53. The lowest BCUT2D eigenvalue weighted by Gasteiger charge is -1.98. The van der Waals surface area contributed by atoms with E-state index in [1.54, 1.807) is 12.1 Å². The maximum absolute atomic E-state index is 12.8. The Kier molecular flexibility index (Phi) is 4.28. The zero-order valence-corrected chi connectivity index (χ0v) is 10.9. The molecule has 18 heavy (non-hydrogen) atoms. The molecule has 2 rings (SSSR count). The Hall–Kier alpha value is -1.46. The number of hydrogen-bond acceptors (Lipinski definition) is 3. The van der Waals surface area contributed by atoms with Crippen molar-refractivity contribution >= 4 is 34.0 Å². The number of carbonyl (C=O) groups is 1. The molecule has 0 unspecified atom stereocenters. The fourth-order valence-electron chi connectivity index (χ4n) is 1.35. The Labute approximate surface area is 113 Å². The molecule has 2 aromatic rings. The third-order valence-electron chi connectivity index (χ3n) is 2.21. The Balaban J connectivity index is 2.10. The van der Waals surface area contributed by atoms with Crippen LogP contribution >= 0.6 is 22.9 Å². The van der Waals surface area contributed by atoms with Crippen LogP contribution in [-0.2, 0) is 4.79 Å². The highest BCUT2D eigenvalue weighted by atomic mass is 35.5. The first-order valence-electron chi connectivity index (χ1n) is 5.26. The SMILES string of the molecule is O=C(CCCl)Nc1nc(-c2ccc(F)cc2)cs1. The fraction of sp³-hybridized carbons (Fsp3) is 0.167. The quantitative estimate of drug-likeness (QED) is 0.873. The Bertz CT molecular complexity index is 541. The highest BCUT2D eigenvalue weighted by Crippen LogP contribution is 2.25. The highest BCUT2D eigenvalue weighted by molar-refractivity contribution is 7.14. The van der Waals surface area contributed by atoms with E-state index in [4.69, 9.17) is 11.6 Å². The van der Waals surface area contributed by atoms with E-state index in [0.29, 0.717) is 10.8 Å². The van der Waals surface area contributed by atoms with Crippen molar-refractivity contribution in [2.24, 2.45) is 0 Å². The van der Waals surface area contributed by atoms with E-state index in [9.17, 15) is 9.18 Å². The summed E-state index contributed by atoms with van der Waals surface area (Å²) in [6.45, 7) is 0. The Morgan fingerprint density at radius 2 is 2.11 bits per heavy atom. The third kappa shape index (κ3) is 3.27. The number of benzene rings is 1. The van der Waals surface area contributed by atoms with E-state index in [0.717, 1.165) is 5.56 Å². The average Bonchev–Trinajstić information content (AvgIpc) is 2.78. The van der Waals surface area contributed by atoms with E-state index in [-0.39, 0.29) is 24.0 Å². The highest BCUT2D eigenvalue weighted by Gasteiger charge is 2.07. The summed E-state index contributed by atoms with van der Waals surface area (Å²) in [4.78, 5) is 15.6. The lowest BCUT2D eigenvalue weighted by Crippen LogP contribution is -2.11. The number of nitrogens with zero attached hydrogens (tertiary/aromatic N) is 1. The summed E-state index contributed by atoms with van der Waals surface area (Å²) in [5.41, 5.74) is 1.52. The van der Waals surface area contributed by atoms with Gasteiger partial charge in [0, 0.05) is 23.2 Å². The molecule has 6 heteroatoms. The predicted molar refractivity (Wildman–Crippen MR) is 71.5 cm³/mol. The van der Waals surface area contributed by atoms with Gasteiger partial charge in [-0.25, -0.2) is 9.37 Å². The van der Waals surface area contributed by atoms with Gasteiger partial charge in [-0.05, 0) is 24.3 Å². The van der Waals surface area contributed by atoms with Crippen molar-refractivity contribution in [2.75, 3.05) is 11.2 Å². The molecule has 3 nitrogen and oxygen atoms in total. The summed E-state index contributed by atoms with van der Waals surface area (Å²) < 4.78 is 12.8. The summed E-state index contributed by atoms with van der Waals surface area (Å²) in [6.07, 6.45) is 0.257. The smallest absolute Gasteiger partial charge is 0.227 e. The van der Waals surface area contributed by atoms with Crippen LogP contribution in [0.4, 0.5) is 9.52 Å². The third-order valence-corrected chi connectivity index (χ3v) is 3.16. The predicted octanol–water partition coefficient (Wildman–Crippen LogP) is 3.52. The van der Waals surface area contributed by atoms with Crippen molar-refractivity contribution in [3.63, 3.8) is 0 Å². The van der Waals surface area contributed by atoms with Crippen LogP contribution in [0.25, 0.3) is 11.3 Å². The second kappa shape index (κ2) is 5.93. The summed E-state index contributed by atoms with van der Waals surface area (Å²) in [7, 11) is 0. The molecule has 0 saturated heterocycles. The van der Waals surface area contributed by atoms with Gasteiger partial charge in [0.05, 0.1) is 5.69 Å². The van der Waals surface area contributed by atoms with E-state index in [2.05, 4.69) is 10.3 Å². The van der Waals surface area contributed by atoms with Crippen LogP contribution < -0.4 is 5.32 Å². The molecule has 0 bridgehead atoms. The van der Waals surface area contributed by atoms with Crippen LogP contribution in [0, 0.1) is 5.82 Å². The summed E-state index contributed by atoms with van der Waals surface area (Å²) in [5, 5.41) is 4.98. The molecular formula is C12H10ClFN2OS. The van der Waals surface area contributed by atoms with Crippen LogP contribution in [0.3, 0.4) is 0 Å². The summed E-state index contributed by atoms with van der Waals surface area (Å²) >= 11 is 6.79. The molecule has 0 aliphatic rings. The molecule has 94 valence electrons. The molecule has 0 aliphatic carbocycles. The van der Waals surface area contributed by atoms with E-state index in [1.807, 2.05) is 5.38 Å². The van der Waals surface area contributed by atoms with Crippen molar-refractivity contribution in [1.29, 1.82) is 0 Å². The molecule has 1 aromatic carbocycles. The first kappa shape index (κ1) is 13.0. The zero-order chi connectivity index (χ0) is 13.0. The number of aromatic nitrogens is 1. The lowest BCUT2D eigenvalue weighted by molar-refractivity contribution is -0.115. The van der Waals surface area contributed by atoms with E-state index in [1.165, 1.54) is 23.5 Å². The summed E-state index contributed by atoms with van der Waals surface area (Å²) in [5.74, 6) is -0.170. The number of thiazole rings is 1. The number of rotatable bonds is 4. The van der Waals surface area contributed by atoms with Gasteiger partial charge in [0.1, 0.15) is 5.82 Å². The molecular weight excluding hydrogens is 275 g/mol. The van der Waals surface area contributed by atoms with Crippen LogP contribution in [-0.4, -0.2) is 16.8 Å². The van der Waals surface area contributed by atoms with Crippen molar-refractivity contribution in [2.45, 2.75) is 6.42 Å². The van der Waals surface area contributed by atoms with Gasteiger partial charge in [-0.2, -0.15) is 0 Å². The number of amides is 1. The number of anilines is 1. The molecule has 1 N–H and O–H groups in total. The molecule has 0 aliphatic heterocycles. The van der Waals surface area contributed by atoms with Gasteiger partial charge in [0.25, 0.3) is 0 Å². The van der Waals surface area contributed by atoms with Gasteiger partial charge in [0.15, 0.2) is 5.13 Å². The lowest BCUT2D eigenvalue weighted by atomic mass is 10.2. The number of nitrogens with one attached hydrogen (secondary N) is 1. The minimum Gasteiger partial charge on any atom is -0.302 e. The molecule has 0 atom stereocenters. The molecule has 0 saturated carbocycles. The Morgan fingerprint density at radius 3 is 2.78 bits per heavy atom. The first-order valence-corrected chi connectivity index (χ1v) is 6.68. The fourth-order valence-corrected chi connectivity index (χ4v) is 2.26. The Morgan fingerprint density at radius 1 is 1.39 bits per heavy atom. The molecule has 0 spiro atoms. The van der Waals surface area contributed by atoms with Crippen molar-refractivity contribution < 1.29 is 9.18 Å². The van der Waals surface area contributed by atoms with Crippen molar-refractivity contribution in [1.82, 2.24) is 4.98 Å².